The minimum Gasteiger partial charge on any atom is -0.497 e. The van der Waals surface area contributed by atoms with Gasteiger partial charge in [0.15, 0.2) is 17.5 Å². The van der Waals surface area contributed by atoms with Crippen molar-refractivity contribution in [2.24, 2.45) is 4.99 Å². The fraction of sp³-hybridized carbons (Fsp3) is 0.435. The summed E-state index contributed by atoms with van der Waals surface area (Å²) in [4.78, 5) is 9.21. The van der Waals surface area contributed by atoms with Crippen LogP contribution in [0.5, 0.6) is 23.0 Å². The minimum atomic E-state index is 0.291. The Morgan fingerprint density at radius 1 is 1.00 bits per heavy atom. The monoisotopic (exact) mass is 426 g/mol. The number of nitrogens with zero attached hydrogens (tertiary/aromatic N) is 3. The van der Waals surface area contributed by atoms with Crippen LogP contribution in [-0.4, -0.2) is 70.0 Å². The van der Waals surface area contributed by atoms with Crippen LogP contribution in [-0.2, 0) is 13.1 Å². The minimum absolute atomic E-state index is 0.291. The Hall–Kier alpha value is -3.13. The van der Waals surface area contributed by atoms with E-state index in [0.29, 0.717) is 13.3 Å². The van der Waals surface area contributed by atoms with Gasteiger partial charge in [0.1, 0.15) is 11.5 Å². The molecule has 0 amide bonds. The van der Waals surface area contributed by atoms with E-state index >= 15 is 0 Å². The van der Waals surface area contributed by atoms with E-state index in [1.54, 1.807) is 14.2 Å². The van der Waals surface area contributed by atoms with Crippen LogP contribution in [0.4, 0.5) is 0 Å². The molecular formula is C23H30N4O4. The summed E-state index contributed by atoms with van der Waals surface area (Å²) in [6.07, 6.45) is 0. The predicted molar refractivity (Wildman–Crippen MR) is 119 cm³/mol. The summed E-state index contributed by atoms with van der Waals surface area (Å²) in [6.45, 7) is 5.53. The van der Waals surface area contributed by atoms with Crippen LogP contribution in [0.25, 0.3) is 0 Å². The van der Waals surface area contributed by atoms with Crippen LogP contribution < -0.4 is 24.3 Å². The Morgan fingerprint density at radius 2 is 1.81 bits per heavy atom. The Kier molecular flexibility index (Phi) is 6.66. The lowest BCUT2D eigenvalue weighted by atomic mass is 10.1. The first kappa shape index (κ1) is 21.1. The van der Waals surface area contributed by atoms with Crippen LogP contribution in [0.3, 0.4) is 0 Å². The van der Waals surface area contributed by atoms with Crippen LogP contribution >= 0.6 is 0 Å². The summed E-state index contributed by atoms with van der Waals surface area (Å²) in [5.74, 6) is 4.26. The topological polar surface area (TPSA) is 67.8 Å². The lowest BCUT2D eigenvalue weighted by molar-refractivity contribution is 0.171. The molecule has 0 atom stereocenters. The number of ether oxygens (including phenoxy) is 4. The van der Waals surface area contributed by atoms with E-state index < -0.39 is 0 Å². The SMILES string of the molecule is CN=C(NCc1ccc2c(c1)OCO2)N1CCN(Cc2cc(OC)ccc2OC)CC1. The number of nitrogens with one attached hydrogen (secondary N) is 1. The van der Waals surface area contributed by atoms with Gasteiger partial charge >= 0.3 is 0 Å². The van der Waals surface area contributed by atoms with Gasteiger partial charge < -0.3 is 29.2 Å². The highest BCUT2D eigenvalue weighted by atomic mass is 16.7. The number of aliphatic imine (C=N–C) groups is 1. The van der Waals surface area contributed by atoms with Crippen molar-refractivity contribution in [2.75, 3.05) is 54.2 Å². The highest BCUT2D eigenvalue weighted by molar-refractivity contribution is 5.80. The highest BCUT2D eigenvalue weighted by Crippen LogP contribution is 2.32. The number of piperazine rings is 1. The van der Waals surface area contributed by atoms with Gasteiger partial charge in [-0.2, -0.15) is 0 Å². The molecule has 0 radical (unpaired) electrons. The fourth-order valence-electron chi connectivity index (χ4n) is 3.93. The van der Waals surface area contributed by atoms with E-state index in [1.807, 2.05) is 37.4 Å². The maximum atomic E-state index is 5.53. The fourth-order valence-corrected chi connectivity index (χ4v) is 3.93. The predicted octanol–water partition coefficient (Wildman–Crippen LogP) is 2.33. The molecule has 8 heteroatoms. The lowest BCUT2D eigenvalue weighted by Gasteiger charge is -2.36. The molecule has 8 nitrogen and oxygen atoms in total. The third-order valence-electron chi connectivity index (χ3n) is 5.65. The van der Waals surface area contributed by atoms with E-state index in [4.69, 9.17) is 18.9 Å². The van der Waals surface area contributed by atoms with Crippen molar-refractivity contribution >= 4 is 5.96 Å². The largest absolute Gasteiger partial charge is 0.497 e. The van der Waals surface area contributed by atoms with E-state index in [0.717, 1.165) is 72.8 Å². The van der Waals surface area contributed by atoms with Gasteiger partial charge in [0, 0.05) is 51.9 Å². The summed E-state index contributed by atoms with van der Waals surface area (Å²) in [7, 11) is 5.22. The van der Waals surface area contributed by atoms with Crippen LogP contribution in [0.1, 0.15) is 11.1 Å². The third-order valence-corrected chi connectivity index (χ3v) is 5.65. The molecule has 2 heterocycles. The first-order chi connectivity index (χ1) is 15.2. The normalized spacial score (nSPS) is 16.4. The number of hydrogen-bond acceptors (Lipinski definition) is 6. The van der Waals surface area contributed by atoms with Crippen molar-refractivity contribution in [2.45, 2.75) is 13.1 Å². The summed E-state index contributed by atoms with van der Waals surface area (Å²) in [6, 6.07) is 12.0. The molecule has 0 spiro atoms. The molecule has 1 fully saturated rings. The molecule has 4 rings (SSSR count). The molecule has 31 heavy (non-hydrogen) atoms. The first-order valence-corrected chi connectivity index (χ1v) is 10.5. The average molecular weight is 427 g/mol. The number of guanidine groups is 1. The molecule has 2 aliphatic rings. The van der Waals surface area contributed by atoms with Gasteiger partial charge in [0.2, 0.25) is 6.79 Å². The number of hydrogen-bond donors (Lipinski definition) is 1. The lowest BCUT2D eigenvalue weighted by Crippen LogP contribution is -2.52. The molecule has 0 bridgehead atoms. The Morgan fingerprint density at radius 3 is 2.55 bits per heavy atom. The van der Waals surface area contributed by atoms with Crippen molar-refractivity contribution in [1.82, 2.24) is 15.1 Å². The zero-order valence-corrected chi connectivity index (χ0v) is 18.4. The summed E-state index contributed by atoms with van der Waals surface area (Å²) < 4.78 is 21.7. The van der Waals surface area contributed by atoms with Gasteiger partial charge in [-0.15, -0.1) is 0 Å². The molecular weight excluding hydrogens is 396 g/mol. The van der Waals surface area contributed by atoms with E-state index in [9.17, 15) is 0 Å². The zero-order valence-electron chi connectivity index (χ0n) is 18.4. The Labute approximate surface area is 183 Å². The van der Waals surface area contributed by atoms with Crippen molar-refractivity contribution in [3.05, 3.63) is 47.5 Å². The maximum Gasteiger partial charge on any atom is 0.231 e. The molecule has 0 aliphatic carbocycles. The molecule has 2 aromatic rings. The second kappa shape index (κ2) is 9.78. The van der Waals surface area contributed by atoms with Crippen LogP contribution in [0.2, 0.25) is 0 Å². The third kappa shape index (κ3) is 4.96. The number of methoxy groups -OCH3 is 2. The number of rotatable bonds is 6. The number of fused-ring (bicyclic) bond motifs is 1. The molecule has 166 valence electrons. The zero-order chi connectivity index (χ0) is 21.6. The second-order valence-corrected chi connectivity index (χ2v) is 7.53. The van der Waals surface area contributed by atoms with Crippen molar-refractivity contribution in [3.63, 3.8) is 0 Å². The van der Waals surface area contributed by atoms with Gasteiger partial charge in [-0.1, -0.05) is 6.07 Å². The van der Waals surface area contributed by atoms with Gasteiger partial charge in [0.25, 0.3) is 0 Å². The highest BCUT2D eigenvalue weighted by Gasteiger charge is 2.21. The van der Waals surface area contributed by atoms with Crippen molar-refractivity contribution in [3.8, 4) is 23.0 Å². The van der Waals surface area contributed by atoms with Gasteiger partial charge in [-0.3, -0.25) is 9.89 Å². The number of benzene rings is 2. The quantitative estimate of drug-likeness (QED) is 0.562. The molecule has 0 saturated carbocycles. The summed E-state index contributed by atoms with van der Waals surface area (Å²) in [5.41, 5.74) is 2.27. The maximum absolute atomic E-state index is 5.53. The summed E-state index contributed by atoms with van der Waals surface area (Å²) >= 11 is 0. The van der Waals surface area contributed by atoms with Gasteiger partial charge in [-0.05, 0) is 35.9 Å². The molecule has 0 aromatic heterocycles. The second-order valence-electron chi connectivity index (χ2n) is 7.53. The average Bonchev–Trinajstić information content (AvgIpc) is 3.28. The van der Waals surface area contributed by atoms with Crippen molar-refractivity contribution < 1.29 is 18.9 Å². The first-order valence-electron chi connectivity index (χ1n) is 10.5. The standard InChI is InChI=1S/C23H30N4O4/c1-24-23(25-14-17-4-6-21-22(12-17)31-16-30-21)27-10-8-26(9-11-27)15-18-13-19(28-2)5-7-20(18)29-3/h4-7,12-13H,8-11,14-16H2,1-3H3,(H,24,25). The van der Waals surface area contributed by atoms with Crippen molar-refractivity contribution in [1.29, 1.82) is 0 Å². The van der Waals surface area contributed by atoms with E-state index in [1.165, 1.54) is 0 Å². The molecule has 2 aliphatic heterocycles. The molecule has 1 N–H and O–H groups in total. The smallest absolute Gasteiger partial charge is 0.231 e. The van der Waals surface area contributed by atoms with Crippen LogP contribution in [0, 0.1) is 0 Å². The molecule has 0 unspecified atom stereocenters. The molecule has 1 saturated heterocycles. The van der Waals surface area contributed by atoms with E-state index in [-0.39, 0.29) is 0 Å². The summed E-state index contributed by atoms with van der Waals surface area (Å²) in [5, 5.41) is 3.47. The Balaban J connectivity index is 1.30. The van der Waals surface area contributed by atoms with Gasteiger partial charge in [0.05, 0.1) is 14.2 Å². The van der Waals surface area contributed by atoms with Gasteiger partial charge in [-0.25, -0.2) is 0 Å². The Bertz CT molecular complexity index is 926. The molecule has 2 aromatic carbocycles. The van der Waals surface area contributed by atoms with Crippen LogP contribution in [0.15, 0.2) is 41.4 Å². The van der Waals surface area contributed by atoms with E-state index in [2.05, 4.69) is 26.2 Å².